The molecule has 0 radical (unpaired) electrons. The number of anilines is 2. The minimum atomic E-state index is 0.561. The van der Waals surface area contributed by atoms with Gasteiger partial charge in [-0.15, -0.1) is 0 Å². The molecule has 2 unspecified atom stereocenters. The molecule has 2 atom stereocenters. The SMILES string of the molecule is CCCc1nc(NCC)cc(NC2CCC(SC)C2)n1. The van der Waals surface area contributed by atoms with Gasteiger partial charge in [0.1, 0.15) is 17.5 Å². The van der Waals surface area contributed by atoms with Crippen LogP contribution in [0.15, 0.2) is 6.07 Å². The van der Waals surface area contributed by atoms with E-state index in [9.17, 15) is 0 Å². The fourth-order valence-electron chi connectivity index (χ4n) is 2.67. The molecule has 0 saturated heterocycles. The van der Waals surface area contributed by atoms with Gasteiger partial charge in [-0.3, -0.25) is 0 Å². The summed E-state index contributed by atoms with van der Waals surface area (Å²) in [6.45, 7) is 5.14. The van der Waals surface area contributed by atoms with Crippen LogP contribution in [0.3, 0.4) is 0 Å². The van der Waals surface area contributed by atoms with Crippen LogP contribution in [0, 0.1) is 0 Å². The van der Waals surface area contributed by atoms with Crippen LogP contribution < -0.4 is 10.6 Å². The summed E-state index contributed by atoms with van der Waals surface area (Å²) in [6.07, 6.45) is 8.02. The molecule has 2 rings (SSSR count). The second kappa shape index (κ2) is 7.72. The maximum Gasteiger partial charge on any atom is 0.133 e. The minimum absolute atomic E-state index is 0.561. The molecule has 1 aromatic heterocycles. The molecule has 0 spiro atoms. The van der Waals surface area contributed by atoms with Crippen molar-refractivity contribution in [3.05, 3.63) is 11.9 Å². The van der Waals surface area contributed by atoms with E-state index in [2.05, 4.69) is 40.7 Å². The first-order valence-electron chi connectivity index (χ1n) is 7.66. The van der Waals surface area contributed by atoms with Crippen LogP contribution in [0.1, 0.15) is 45.4 Å². The first kappa shape index (κ1) is 15.4. The third kappa shape index (κ3) is 4.27. The lowest BCUT2D eigenvalue weighted by Gasteiger charge is -2.15. The molecule has 1 saturated carbocycles. The monoisotopic (exact) mass is 294 g/mol. The van der Waals surface area contributed by atoms with Crippen molar-refractivity contribution in [3.63, 3.8) is 0 Å². The van der Waals surface area contributed by atoms with E-state index >= 15 is 0 Å². The van der Waals surface area contributed by atoms with E-state index in [1.165, 1.54) is 19.3 Å². The maximum absolute atomic E-state index is 4.65. The van der Waals surface area contributed by atoms with Crippen molar-refractivity contribution >= 4 is 23.4 Å². The fourth-order valence-corrected chi connectivity index (χ4v) is 3.47. The Morgan fingerprint density at radius 1 is 1.25 bits per heavy atom. The predicted molar refractivity (Wildman–Crippen MR) is 88.8 cm³/mol. The number of nitrogens with one attached hydrogen (secondary N) is 2. The Hall–Kier alpha value is -0.970. The molecule has 1 aliphatic rings. The summed E-state index contributed by atoms with van der Waals surface area (Å²) in [7, 11) is 0. The first-order chi connectivity index (χ1) is 9.75. The summed E-state index contributed by atoms with van der Waals surface area (Å²) >= 11 is 1.98. The Balaban J connectivity index is 2.05. The van der Waals surface area contributed by atoms with Gasteiger partial charge in [0, 0.05) is 30.3 Å². The van der Waals surface area contributed by atoms with Crippen LogP contribution in [0.4, 0.5) is 11.6 Å². The standard InChI is InChI=1S/C15H26N4S/c1-4-6-13-18-14(16-5-2)10-15(19-13)17-11-7-8-12(9-11)20-3/h10-12H,4-9H2,1-3H3,(H2,16,17,18,19). The van der Waals surface area contributed by atoms with Crippen LogP contribution in [0.25, 0.3) is 0 Å². The molecule has 0 aliphatic heterocycles. The second-order valence-electron chi connectivity index (χ2n) is 5.35. The number of hydrogen-bond acceptors (Lipinski definition) is 5. The average Bonchev–Trinajstić information content (AvgIpc) is 2.87. The van der Waals surface area contributed by atoms with Crippen molar-refractivity contribution in [2.45, 2.75) is 57.2 Å². The number of hydrogen-bond donors (Lipinski definition) is 2. The van der Waals surface area contributed by atoms with E-state index in [0.717, 1.165) is 42.1 Å². The van der Waals surface area contributed by atoms with E-state index in [-0.39, 0.29) is 0 Å². The van der Waals surface area contributed by atoms with Gasteiger partial charge >= 0.3 is 0 Å². The van der Waals surface area contributed by atoms with E-state index in [4.69, 9.17) is 0 Å². The Labute approximate surface area is 126 Å². The van der Waals surface area contributed by atoms with Crippen LogP contribution >= 0.6 is 11.8 Å². The van der Waals surface area contributed by atoms with Crippen LogP contribution in [-0.2, 0) is 6.42 Å². The van der Waals surface area contributed by atoms with Crippen molar-refractivity contribution < 1.29 is 0 Å². The lowest BCUT2D eigenvalue weighted by atomic mass is 10.2. The fraction of sp³-hybridized carbons (Fsp3) is 0.733. The topological polar surface area (TPSA) is 49.8 Å². The first-order valence-corrected chi connectivity index (χ1v) is 8.95. The van der Waals surface area contributed by atoms with Crippen LogP contribution in [0.2, 0.25) is 0 Å². The van der Waals surface area contributed by atoms with Crippen molar-refractivity contribution in [1.82, 2.24) is 9.97 Å². The van der Waals surface area contributed by atoms with Gasteiger partial charge in [0.05, 0.1) is 0 Å². The number of aromatic nitrogens is 2. The van der Waals surface area contributed by atoms with Gasteiger partial charge in [0.15, 0.2) is 0 Å². The molecule has 1 aromatic rings. The van der Waals surface area contributed by atoms with Gasteiger partial charge in [-0.25, -0.2) is 9.97 Å². The quantitative estimate of drug-likeness (QED) is 0.805. The molecule has 2 N–H and O–H groups in total. The zero-order valence-corrected chi connectivity index (χ0v) is 13.6. The summed E-state index contributed by atoms with van der Waals surface area (Å²) in [5.41, 5.74) is 0. The highest BCUT2D eigenvalue weighted by atomic mass is 32.2. The Morgan fingerprint density at radius 3 is 2.70 bits per heavy atom. The highest BCUT2D eigenvalue weighted by molar-refractivity contribution is 7.99. The average molecular weight is 294 g/mol. The molecule has 0 aromatic carbocycles. The maximum atomic E-state index is 4.65. The van der Waals surface area contributed by atoms with Gasteiger partial charge in [-0.05, 0) is 38.9 Å². The molecule has 4 nitrogen and oxygen atoms in total. The van der Waals surface area contributed by atoms with E-state index in [1.807, 2.05) is 17.8 Å². The lowest BCUT2D eigenvalue weighted by molar-refractivity contribution is 0.746. The third-order valence-corrected chi connectivity index (χ3v) is 4.77. The summed E-state index contributed by atoms with van der Waals surface area (Å²) in [4.78, 5) is 9.20. The Bertz CT molecular complexity index is 400. The summed E-state index contributed by atoms with van der Waals surface area (Å²) < 4.78 is 0. The van der Waals surface area contributed by atoms with Crippen molar-refractivity contribution in [2.75, 3.05) is 23.4 Å². The molecule has 112 valence electrons. The number of aryl methyl sites for hydroxylation is 1. The molecule has 1 heterocycles. The molecule has 20 heavy (non-hydrogen) atoms. The van der Waals surface area contributed by atoms with Gasteiger partial charge in [-0.1, -0.05) is 6.92 Å². The molecular weight excluding hydrogens is 268 g/mol. The van der Waals surface area contributed by atoms with E-state index < -0.39 is 0 Å². The highest BCUT2D eigenvalue weighted by Crippen LogP contribution is 2.30. The molecule has 1 aliphatic carbocycles. The van der Waals surface area contributed by atoms with Crippen LogP contribution in [0.5, 0.6) is 0 Å². The van der Waals surface area contributed by atoms with Gasteiger partial charge in [-0.2, -0.15) is 11.8 Å². The molecule has 5 heteroatoms. The zero-order valence-electron chi connectivity index (χ0n) is 12.8. The number of rotatable bonds is 7. The summed E-state index contributed by atoms with van der Waals surface area (Å²) in [5, 5.41) is 7.70. The van der Waals surface area contributed by atoms with Crippen molar-refractivity contribution in [1.29, 1.82) is 0 Å². The summed E-state index contributed by atoms with van der Waals surface area (Å²) in [6, 6.07) is 2.60. The minimum Gasteiger partial charge on any atom is -0.370 e. The normalized spacial score (nSPS) is 21.9. The largest absolute Gasteiger partial charge is 0.370 e. The van der Waals surface area contributed by atoms with E-state index in [1.54, 1.807) is 0 Å². The Morgan fingerprint density at radius 2 is 2.05 bits per heavy atom. The van der Waals surface area contributed by atoms with E-state index in [0.29, 0.717) is 6.04 Å². The van der Waals surface area contributed by atoms with Crippen molar-refractivity contribution in [3.8, 4) is 0 Å². The van der Waals surface area contributed by atoms with Gasteiger partial charge < -0.3 is 10.6 Å². The lowest BCUT2D eigenvalue weighted by Crippen LogP contribution is -2.18. The molecule has 0 amide bonds. The highest BCUT2D eigenvalue weighted by Gasteiger charge is 2.24. The number of thioether (sulfide) groups is 1. The summed E-state index contributed by atoms with van der Waals surface area (Å²) in [5.74, 6) is 2.85. The number of nitrogens with zero attached hydrogens (tertiary/aromatic N) is 2. The van der Waals surface area contributed by atoms with Gasteiger partial charge in [0.25, 0.3) is 0 Å². The Kier molecular flexibility index (Phi) is 5.95. The zero-order chi connectivity index (χ0) is 14.4. The molecule has 1 fully saturated rings. The second-order valence-corrected chi connectivity index (χ2v) is 6.49. The molecular formula is C15H26N4S. The predicted octanol–water partition coefficient (Wildman–Crippen LogP) is 3.56. The molecule has 0 bridgehead atoms. The van der Waals surface area contributed by atoms with Crippen LogP contribution in [-0.4, -0.2) is 34.1 Å². The van der Waals surface area contributed by atoms with Gasteiger partial charge in [0.2, 0.25) is 0 Å². The third-order valence-electron chi connectivity index (χ3n) is 3.67. The van der Waals surface area contributed by atoms with Crippen molar-refractivity contribution in [2.24, 2.45) is 0 Å². The smallest absolute Gasteiger partial charge is 0.133 e.